The lowest BCUT2D eigenvalue weighted by molar-refractivity contribution is 0.768. The van der Waals surface area contributed by atoms with E-state index in [2.05, 4.69) is 304 Å². The Hall–Kier alpha value is -8.88. The maximum atomic E-state index is 2.65. The summed E-state index contributed by atoms with van der Waals surface area (Å²) in [6.45, 7) is 2.65. The van der Waals surface area contributed by atoms with Crippen LogP contribution in [0, 0.1) is 0 Å². The first-order valence-corrected chi connectivity index (χ1v) is 28.5. The van der Waals surface area contributed by atoms with Crippen molar-refractivity contribution < 1.29 is 0 Å². The molecule has 14 rings (SSSR count). The lowest BCUT2D eigenvalue weighted by Crippen LogP contribution is -2.46. The van der Waals surface area contributed by atoms with E-state index in [1.54, 1.807) is 0 Å². The number of fused-ring (bicyclic) bond motifs is 6. The Morgan fingerprint density at radius 1 is 0.243 bits per heavy atom. The molecule has 0 nitrogen and oxygen atoms in total. The molecular weight excluding hydrogens is 905 g/mol. The molecule has 0 fully saturated rings. The molecule has 74 heavy (non-hydrogen) atoms. The molecule has 11 aromatic carbocycles. The lowest BCUT2D eigenvalue weighted by Gasteiger charge is -2.36. The van der Waals surface area contributed by atoms with Crippen molar-refractivity contribution in [1.82, 2.24) is 0 Å². The van der Waals surface area contributed by atoms with Crippen LogP contribution in [0.3, 0.4) is 0 Å². The second kappa shape index (κ2) is 17.4. The molecular formula is C73H52Si. The van der Waals surface area contributed by atoms with Crippen LogP contribution in [0.2, 0.25) is 6.55 Å². The standard InChI is InChI=1S/C73H52Si/c1-74(59-39-21-8-22-40-59)70(53-45-47-62-60-41-23-25-43-64(60)72(66(62)49-53,55-31-13-4-14-32-55)56-33-15-5-16-34-56)68(51-27-9-2-10-28-51)69(52-29-11-3-12-30-52)71(74)54-46-48-63-61-42-24-26-44-65(61)73(67(63)50-54,57-35-17-6-18-36-57)58-37-19-7-20-38-58/h2-50H,1H3. The minimum absolute atomic E-state index is 0.549. The van der Waals surface area contributed by atoms with Crippen LogP contribution in [0.15, 0.2) is 297 Å². The Balaban J connectivity index is 1.11. The minimum atomic E-state index is -3.07. The Morgan fingerprint density at radius 2 is 0.527 bits per heavy atom. The molecule has 1 heterocycles. The lowest BCUT2D eigenvalue weighted by atomic mass is 9.67. The zero-order valence-corrected chi connectivity index (χ0v) is 42.3. The maximum absolute atomic E-state index is 3.07. The summed E-state index contributed by atoms with van der Waals surface area (Å²) in [5.41, 5.74) is 22.0. The van der Waals surface area contributed by atoms with Crippen LogP contribution in [0.1, 0.15) is 66.8 Å². The van der Waals surface area contributed by atoms with Gasteiger partial charge in [0.2, 0.25) is 0 Å². The first-order valence-electron chi connectivity index (χ1n) is 26.0. The summed E-state index contributed by atoms with van der Waals surface area (Å²) in [4.78, 5) is 0. The van der Waals surface area contributed by atoms with Crippen molar-refractivity contribution in [2.24, 2.45) is 0 Å². The van der Waals surface area contributed by atoms with E-state index in [9.17, 15) is 0 Å². The normalized spacial score (nSPS) is 15.3. The van der Waals surface area contributed by atoms with E-state index in [1.165, 1.54) is 116 Å². The number of benzene rings is 11. The molecule has 0 radical (unpaired) electrons. The van der Waals surface area contributed by atoms with Gasteiger partial charge in [0.25, 0.3) is 0 Å². The third-order valence-electron chi connectivity index (χ3n) is 16.7. The predicted octanol–water partition coefficient (Wildman–Crippen LogP) is 17.0. The van der Waals surface area contributed by atoms with Gasteiger partial charge in [-0.25, -0.2) is 0 Å². The van der Waals surface area contributed by atoms with Crippen LogP contribution in [0.4, 0.5) is 0 Å². The molecule has 2 aliphatic carbocycles. The second-order valence-electron chi connectivity index (χ2n) is 20.3. The van der Waals surface area contributed by atoms with Crippen LogP contribution in [0.5, 0.6) is 0 Å². The summed E-state index contributed by atoms with van der Waals surface area (Å²) in [5.74, 6) is 0. The van der Waals surface area contributed by atoms with Gasteiger partial charge < -0.3 is 0 Å². The molecule has 0 N–H and O–H groups in total. The molecule has 0 unspecified atom stereocenters. The summed E-state index contributed by atoms with van der Waals surface area (Å²) in [6.07, 6.45) is 0. The molecule has 0 bridgehead atoms. The average molecular weight is 957 g/mol. The Kier molecular flexibility index (Phi) is 10.3. The molecule has 0 saturated carbocycles. The van der Waals surface area contributed by atoms with Crippen molar-refractivity contribution in [2.45, 2.75) is 17.4 Å². The van der Waals surface area contributed by atoms with Gasteiger partial charge in [-0.3, -0.25) is 0 Å². The zero-order valence-electron chi connectivity index (χ0n) is 41.3. The van der Waals surface area contributed by atoms with Crippen LogP contribution in [-0.2, 0) is 10.8 Å². The largest absolute Gasteiger partial charge is 0.148 e. The molecule has 11 aromatic rings. The molecule has 1 aliphatic heterocycles. The highest BCUT2D eigenvalue weighted by Gasteiger charge is 2.52. The van der Waals surface area contributed by atoms with Gasteiger partial charge in [-0.1, -0.05) is 292 Å². The van der Waals surface area contributed by atoms with Gasteiger partial charge in [-0.05, 0) is 128 Å². The Morgan fingerprint density at radius 3 is 0.878 bits per heavy atom. The van der Waals surface area contributed by atoms with E-state index >= 15 is 0 Å². The molecule has 3 aliphatic rings. The topological polar surface area (TPSA) is 0 Å². The molecule has 0 saturated heterocycles. The quantitative estimate of drug-likeness (QED) is 0.127. The molecule has 0 aromatic heterocycles. The van der Waals surface area contributed by atoms with E-state index in [-0.39, 0.29) is 0 Å². The Labute approximate surface area is 436 Å². The monoisotopic (exact) mass is 956 g/mol. The number of hydrogen-bond acceptors (Lipinski definition) is 0. The smallest absolute Gasteiger partial charge is 0.0624 e. The fraction of sp³-hybridized carbons (Fsp3) is 0.0411. The van der Waals surface area contributed by atoms with Crippen LogP contribution < -0.4 is 5.19 Å². The molecule has 0 amide bonds. The van der Waals surface area contributed by atoms with Crippen molar-refractivity contribution in [3.63, 3.8) is 0 Å². The van der Waals surface area contributed by atoms with Crippen molar-refractivity contribution >= 4 is 34.8 Å². The van der Waals surface area contributed by atoms with Gasteiger partial charge in [-0.2, -0.15) is 0 Å². The fourth-order valence-corrected chi connectivity index (χ4v) is 18.5. The van der Waals surface area contributed by atoms with Crippen molar-refractivity contribution in [1.29, 1.82) is 0 Å². The highest BCUT2D eigenvalue weighted by Crippen LogP contribution is 2.62. The van der Waals surface area contributed by atoms with Gasteiger partial charge in [0.1, 0.15) is 8.07 Å². The van der Waals surface area contributed by atoms with E-state index in [0.29, 0.717) is 0 Å². The van der Waals surface area contributed by atoms with Crippen LogP contribution in [-0.4, -0.2) is 8.07 Å². The predicted molar refractivity (Wildman–Crippen MR) is 312 cm³/mol. The van der Waals surface area contributed by atoms with Gasteiger partial charge in [0, 0.05) is 0 Å². The van der Waals surface area contributed by atoms with Crippen molar-refractivity contribution in [3.05, 3.63) is 364 Å². The summed E-state index contributed by atoms with van der Waals surface area (Å²) in [5, 5.41) is 4.24. The first kappa shape index (κ1) is 43.9. The maximum Gasteiger partial charge on any atom is 0.148 e. The van der Waals surface area contributed by atoms with E-state index in [4.69, 9.17) is 0 Å². The van der Waals surface area contributed by atoms with Crippen molar-refractivity contribution in [2.75, 3.05) is 0 Å². The third kappa shape index (κ3) is 6.27. The number of hydrogen-bond donors (Lipinski definition) is 0. The third-order valence-corrected chi connectivity index (χ3v) is 21.3. The molecule has 0 spiro atoms. The van der Waals surface area contributed by atoms with Crippen LogP contribution in [0.25, 0.3) is 43.8 Å². The van der Waals surface area contributed by atoms with E-state index in [0.717, 1.165) is 0 Å². The first-order chi connectivity index (χ1) is 36.6. The van der Waals surface area contributed by atoms with Gasteiger partial charge >= 0.3 is 0 Å². The number of allylic oxidation sites excluding steroid dienone is 2. The van der Waals surface area contributed by atoms with Crippen LogP contribution >= 0.6 is 0 Å². The summed E-state index contributed by atoms with van der Waals surface area (Å²) in [6, 6.07) is 112. The van der Waals surface area contributed by atoms with Crippen molar-refractivity contribution in [3.8, 4) is 22.3 Å². The average Bonchev–Trinajstić information content (AvgIpc) is 4.08. The minimum Gasteiger partial charge on any atom is -0.0624 e. The van der Waals surface area contributed by atoms with Gasteiger partial charge in [-0.15, -0.1) is 0 Å². The molecule has 348 valence electrons. The Bertz CT molecular complexity index is 3650. The zero-order chi connectivity index (χ0) is 49.3. The summed E-state index contributed by atoms with van der Waals surface area (Å²) in [7, 11) is -3.07. The SMILES string of the molecule is C[Si]1(c2ccccc2)C(c2ccc3c(c2)C(c2ccccc2)(c2ccccc2)c2ccccc2-3)=C(c2ccccc2)C(c2ccccc2)=C1c1ccc2c(c1)C(c1ccccc1)(c1ccccc1)c1ccccc1-2. The van der Waals surface area contributed by atoms with Gasteiger partial charge in [0.05, 0.1) is 10.8 Å². The fourth-order valence-electron chi connectivity index (χ4n) is 13.8. The summed E-state index contributed by atoms with van der Waals surface area (Å²) >= 11 is 0. The highest BCUT2D eigenvalue weighted by molar-refractivity contribution is 7.21. The van der Waals surface area contributed by atoms with E-state index in [1.807, 2.05) is 0 Å². The molecule has 0 atom stereocenters. The van der Waals surface area contributed by atoms with Gasteiger partial charge in [0.15, 0.2) is 0 Å². The van der Waals surface area contributed by atoms with E-state index < -0.39 is 18.9 Å². The highest BCUT2D eigenvalue weighted by atomic mass is 28.3. The molecule has 1 heteroatoms. The summed E-state index contributed by atoms with van der Waals surface area (Å²) < 4.78 is 0. The number of rotatable bonds is 9. The second-order valence-corrected chi connectivity index (χ2v) is 24.1.